The molecule has 20 heavy (non-hydrogen) atoms. The van der Waals surface area contributed by atoms with Gasteiger partial charge in [-0.05, 0) is 54.8 Å². The van der Waals surface area contributed by atoms with Gasteiger partial charge in [-0.15, -0.1) is 0 Å². The minimum Gasteiger partial charge on any atom is -0.492 e. The quantitative estimate of drug-likeness (QED) is 0.822. The van der Waals surface area contributed by atoms with Gasteiger partial charge in [-0.3, -0.25) is 0 Å². The number of nitrogens with two attached hydrogens (primary N) is 1. The molecule has 0 aromatic heterocycles. The van der Waals surface area contributed by atoms with Crippen LogP contribution in [0.1, 0.15) is 25.0 Å². The standard InChI is InChI=1S/C17H18ClNO/c1-3-15(12-5-8-14(19)9-6-12)13-7-10-17(20-4-2)16(18)11-13/h3,5-11H,4,19H2,1-2H3. The first-order chi connectivity index (χ1) is 9.65. The molecular weight excluding hydrogens is 270 g/mol. The molecule has 0 heterocycles. The molecule has 0 saturated heterocycles. The smallest absolute Gasteiger partial charge is 0.137 e. The summed E-state index contributed by atoms with van der Waals surface area (Å²) in [6.45, 7) is 4.56. The Balaban J connectivity index is 2.38. The molecule has 0 amide bonds. The van der Waals surface area contributed by atoms with Crippen molar-refractivity contribution < 1.29 is 4.74 Å². The number of allylic oxidation sites excluding steroid dienone is 1. The molecule has 2 N–H and O–H groups in total. The van der Waals surface area contributed by atoms with Gasteiger partial charge in [0, 0.05) is 5.69 Å². The number of nitrogen functional groups attached to an aromatic ring is 1. The third-order valence-electron chi connectivity index (χ3n) is 3.05. The second-order valence-electron chi connectivity index (χ2n) is 4.40. The summed E-state index contributed by atoms with van der Waals surface area (Å²) >= 11 is 6.25. The summed E-state index contributed by atoms with van der Waals surface area (Å²) in [5.41, 5.74) is 9.78. The predicted molar refractivity (Wildman–Crippen MR) is 86.2 cm³/mol. The minimum absolute atomic E-state index is 0.605. The second-order valence-corrected chi connectivity index (χ2v) is 4.81. The third-order valence-corrected chi connectivity index (χ3v) is 3.35. The van der Waals surface area contributed by atoms with Gasteiger partial charge < -0.3 is 10.5 Å². The molecule has 0 bridgehead atoms. The number of hydrogen-bond donors (Lipinski definition) is 1. The van der Waals surface area contributed by atoms with E-state index in [0.717, 1.165) is 22.4 Å². The Hall–Kier alpha value is -1.93. The van der Waals surface area contributed by atoms with Gasteiger partial charge in [0.05, 0.1) is 11.6 Å². The lowest BCUT2D eigenvalue weighted by molar-refractivity contribution is 0.340. The summed E-state index contributed by atoms with van der Waals surface area (Å²) in [7, 11) is 0. The molecule has 0 aliphatic rings. The van der Waals surface area contributed by atoms with Crippen molar-refractivity contribution in [3.8, 4) is 5.75 Å². The van der Waals surface area contributed by atoms with Gasteiger partial charge in [0.1, 0.15) is 5.75 Å². The van der Waals surface area contributed by atoms with E-state index in [0.29, 0.717) is 17.4 Å². The van der Waals surface area contributed by atoms with Crippen LogP contribution in [-0.2, 0) is 0 Å². The fourth-order valence-electron chi connectivity index (χ4n) is 2.10. The third kappa shape index (κ3) is 3.14. The normalized spacial score (nSPS) is 11.4. The molecular formula is C17H18ClNO. The molecule has 3 heteroatoms. The Morgan fingerprint density at radius 3 is 2.35 bits per heavy atom. The molecule has 2 nitrogen and oxygen atoms in total. The molecule has 0 fully saturated rings. The van der Waals surface area contributed by atoms with E-state index in [9.17, 15) is 0 Å². The number of rotatable bonds is 4. The van der Waals surface area contributed by atoms with Crippen molar-refractivity contribution in [1.82, 2.24) is 0 Å². The Bertz CT molecular complexity index is 617. The van der Waals surface area contributed by atoms with Gasteiger partial charge in [0.2, 0.25) is 0 Å². The Morgan fingerprint density at radius 1 is 1.15 bits per heavy atom. The van der Waals surface area contributed by atoms with Gasteiger partial charge in [0.15, 0.2) is 0 Å². The maximum absolute atomic E-state index is 6.25. The van der Waals surface area contributed by atoms with Crippen molar-refractivity contribution in [2.75, 3.05) is 12.3 Å². The van der Waals surface area contributed by atoms with Crippen LogP contribution < -0.4 is 10.5 Å². The first-order valence-corrected chi connectivity index (χ1v) is 6.98. The molecule has 0 atom stereocenters. The number of benzene rings is 2. The lowest BCUT2D eigenvalue weighted by atomic mass is 9.97. The lowest BCUT2D eigenvalue weighted by Crippen LogP contribution is -1.94. The van der Waals surface area contributed by atoms with E-state index in [-0.39, 0.29) is 0 Å². The fourth-order valence-corrected chi connectivity index (χ4v) is 2.34. The van der Waals surface area contributed by atoms with Crippen molar-refractivity contribution in [2.45, 2.75) is 13.8 Å². The summed E-state index contributed by atoms with van der Waals surface area (Å²) < 4.78 is 5.46. The minimum atomic E-state index is 0.605. The van der Waals surface area contributed by atoms with Gasteiger partial charge in [-0.1, -0.05) is 35.9 Å². The van der Waals surface area contributed by atoms with Crippen LogP contribution in [0, 0.1) is 0 Å². The van der Waals surface area contributed by atoms with Crippen molar-refractivity contribution in [1.29, 1.82) is 0 Å². The van der Waals surface area contributed by atoms with Crippen molar-refractivity contribution in [3.63, 3.8) is 0 Å². The number of ether oxygens (including phenoxy) is 1. The number of hydrogen-bond acceptors (Lipinski definition) is 2. The largest absolute Gasteiger partial charge is 0.492 e. The molecule has 0 aliphatic carbocycles. The molecule has 0 unspecified atom stereocenters. The monoisotopic (exact) mass is 287 g/mol. The van der Waals surface area contributed by atoms with E-state index in [2.05, 4.69) is 6.08 Å². The van der Waals surface area contributed by atoms with Crippen molar-refractivity contribution in [2.24, 2.45) is 0 Å². The average Bonchev–Trinajstić information content (AvgIpc) is 2.45. The highest BCUT2D eigenvalue weighted by molar-refractivity contribution is 6.32. The first kappa shape index (κ1) is 14.5. The average molecular weight is 288 g/mol. The van der Waals surface area contributed by atoms with Crippen LogP contribution in [0.25, 0.3) is 5.57 Å². The molecule has 0 radical (unpaired) electrons. The summed E-state index contributed by atoms with van der Waals surface area (Å²) in [4.78, 5) is 0. The zero-order valence-electron chi connectivity index (χ0n) is 11.7. The van der Waals surface area contributed by atoms with Crippen LogP contribution in [0.15, 0.2) is 48.5 Å². The van der Waals surface area contributed by atoms with Crippen LogP contribution >= 0.6 is 11.6 Å². The number of anilines is 1. The van der Waals surface area contributed by atoms with Crippen LogP contribution in [0.5, 0.6) is 5.75 Å². The zero-order chi connectivity index (χ0) is 14.5. The summed E-state index contributed by atoms with van der Waals surface area (Å²) in [6, 6.07) is 13.7. The topological polar surface area (TPSA) is 35.2 Å². The number of halogens is 1. The highest BCUT2D eigenvalue weighted by atomic mass is 35.5. The van der Waals surface area contributed by atoms with E-state index in [1.165, 1.54) is 0 Å². The van der Waals surface area contributed by atoms with Crippen LogP contribution in [0.2, 0.25) is 5.02 Å². The summed E-state index contributed by atoms with van der Waals surface area (Å²) in [5.74, 6) is 0.714. The van der Waals surface area contributed by atoms with Crippen LogP contribution in [-0.4, -0.2) is 6.61 Å². The first-order valence-electron chi connectivity index (χ1n) is 6.60. The van der Waals surface area contributed by atoms with Crippen LogP contribution in [0.4, 0.5) is 5.69 Å². The Kier molecular flexibility index (Phi) is 4.70. The second kappa shape index (κ2) is 6.49. The van der Waals surface area contributed by atoms with E-state index >= 15 is 0 Å². The Morgan fingerprint density at radius 2 is 1.80 bits per heavy atom. The van der Waals surface area contributed by atoms with E-state index in [1.807, 2.05) is 56.3 Å². The molecule has 0 saturated carbocycles. The van der Waals surface area contributed by atoms with Gasteiger partial charge in [0.25, 0.3) is 0 Å². The molecule has 2 rings (SSSR count). The molecule has 0 spiro atoms. The van der Waals surface area contributed by atoms with Crippen molar-refractivity contribution in [3.05, 3.63) is 64.7 Å². The van der Waals surface area contributed by atoms with Gasteiger partial charge >= 0.3 is 0 Å². The molecule has 0 aliphatic heterocycles. The predicted octanol–water partition coefficient (Wildman–Crippen LogP) is 4.77. The lowest BCUT2D eigenvalue weighted by Gasteiger charge is -2.11. The maximum Gasteiger partial charge on any atom is 0.137 e. The van der Waals surface area contributed by atoms with Crippen LogP contribution in [0.3, 0.4) is 0 Å². The summed E-state index contributed by atoms with van der Waals surface area (Å²) in [5, 5.41) is 0.624. The highest BCUT2D eigenvalue weighted by Gasteiger charge is 2.08. The highest BCUT2D eigenvalue weighted by Crippen LogP contribution is 2.31. The molecule has 2 aromatic carbocycles. The van der Waals surface area contributed by atoms with E-state index in [1.54, 1.807) is 0 Å². The summed E-state index contributed by atoms with van der Waals surface area (Å²) in [6.07, 6.45) is 2.07. The Labute approximate surface area is 124 Å². The van der Waals surface area contributed by atoms with Gasteiger partial charge in [-0.2, -0.15) is 0 Å². The molecule has 104 valence electrons. The zero-order valence-corrected chi connectivity index (χ0v) is 12.4. The van der Waals surface area contributed by atoms with Crippen molar-refractivity contribution >= 4 is 22.9 Å². The fraction of sp³-hybridized carbons (Fsp3) is 0.176. The SMILES string of the molecule is CC=C(c1ccc(N)cc1)c1ccc(OCC)c(Cl)c1. The van der Waals surface area contributed by atoms with E-state index in [4.69, 9.17) is 22.1 Å². The van der Waals surface area contributed by atoms with Gasteiger partial charge in [-0.25, -0.2) is 0 Å². The molecule has 2 aromatic rings. The van der Waals surface area contributed by atoms with E-state index < -0.39 is 0 Å². The maximum atomic E-state index is 6.25.